The summed E-state index contributed by atoms with van der Waals surface area (Å²) in [6, 6.07) is 4.24. The highest BCUT2D eigenvalue weighted by Crippen LogP contribution is 2.27. The summed E-state index contributed by atoms with van der Waals surface area (Å²) in [6.07, 6.45) is 6.30. The van der Waals surface area contributed by atoms with E-state index in [-0.39, 0.29) is 11.9 Å². The highest BCUT2D eigenvalue weighted by Gasteiger charge is 2.18. The van der Waals surface area contributed by atoms with Gasteiger partial charge in [-0.15, -0.1) is 0 Å². The van der Waals surface area contributed by atoms with Crippen LogP contribution in [0.4, 0.5) is 4.39 Å². The standard InChI is InChI=1S/C13H14FNO3/c14-12-6-5-10(7-8-15(16)17)9-13(12)18-11-3-1-2-4-11/h5-9,11H,1-4H2/b8-7+. The SMILES string of the molecule is O=[N+]([O-])/C=C/c1ccc(F)c(OC2CCCC2)c1. The molecule has 1 fully saturated rings. The number of ether oxygens (including phenoxy) is 1. The molecule has 1 aliphatic carbocycles. The average molecular weight is 251 g/mol. The van der Waals surface area contributed by atoms with E-state index in [0.717, 1.165) is 31.9 Å². The van der Waals surface area contributed by atoms with Crippen molar-refractivity contribution in [2.24, 2.45) is 0 Å². The maximum Gasteiger partial charge on any atom is 0.235 e. The molecule has 96 valence electrons. The van der Waals surface area contributed by atoms with Gasteiger partial charge in [-0.25, -0.2) is 4.39 Å². The normalized spacial score (nSPS) is 16.3. The Hall–Kier alpha value is -1.91. The first-order valence-electron chi connectivity index (χ1n) is 5.93. The van der Waals surface area contributed by atoms with Gasteiger partial charge >= 0.3 is 0 Å². The molecular weight excluding hydrogens is 237 g/mol. The molecule has 1 aliphatic rings. The minimum Gasteiger partial charge on any atom is -0.487 e. The van der Waals surface area contributed by atoms with Crippen LogP contribution in [0.25, 0.3) is 6.08 Å². The van der Waals surface area contributed by atoms with E-state index in [1.807, 2.05) is 0 Å². The third-order valence-corrected chi connectivity index (χ3v) is 2.94. The van der Waals surface area contributed by atoms with Crippen LogP contribution >= 0.6 is 0 Å². The largest absolute Gasteiger partial charge is 0.487 e. The van der Waals surface area contributed by atoms with Crippen molar-refractivity contribution < 1.29 is 14.1 Å². The molecule has 0 radical (unpaired) electrons. The summed E-state index contributed by atoms with van der Waals surface area (Å²) < 4.78 is 19.1. The minimum absolute atomic E-state index is 0.0641. The monoisotopic (exact) mass is 251 g/mol. The van der Waals surface area contributed by atoms with Crippen LogP contribution in [0.15, 0.2) is 24.4 Å². The van der Waals surface area contributed by atoms with E-state index in [1.54, 1.807) is 0 Å². The van der Waals surface area contributed by atoms with Crippen molar-refractivity contribution in [1.82, 2.24) is 0 Å². The third-order valence-electron chi connectivity index (χ3n) is 2.94. The Kier molecular flexibility index (Phi) is 3.92. The molecule has 4 nitrogen and oxygen atoms in total. The molecule has 0 heterocycles. The second-order valence-electron chi connectivity index (χ2n) is 4.32. The number of hydrogen-bond acceptors (Lipinski definition) is 3. The molecule has 0 saturated heterocycles. The van der Waals surface area contributed by atoms with Crippen LogP contribution in [-0.4, -0.2) is 11.0 Å². The third kappa shape index (κ3) is 3.29. The topological polar surface area (TPSA) is 52.4 Å². The van der Waals surface area contributed by atoms with Crippen LogP contribution in [0.1, 0.15) is 31.2 Å². The first-order chi connectivity index (χ1) is 8.65. The number of hydrogen-bond donors (Lipinski definition) is 0. The lowest BCUT2D eigenvalue weighted by Crippen LogP contribution is -2.11. The van der Waals surface area contributed by atoms with Gasteiger partial charge in [-0.2, -0.15) is 0 Å². The Morgan fingerprint density at radius 3 is 2.78 bits per heavy atom. The molecule has 0 aromatic heterocycles. The highest BCUT2D eigenvalue weighted by atomic mass is 19.1. The number of nitrogens with zero attached hydrogens (tertiary/aromatic N) is 1. The lowest BCUT2D eigenvalue weighted by atomic mass is 10.2. The predicted octanol–water partition coefficient (Wildman–Crippen LogP) is 3.39. The minimum atomic E-state index is -0.555. The summed E-state index contributed by atoms with van der Waals surface area (Å²) in [5.41, 5.74) is 0.557. The van der Waals surface area contributed by atoms with Gasteiger partial charge in [0.05, 0.1) is 11.0 Å². The van der Waals surface area contributed by atoms with Crippen molar-refractivity contribution in [3.63, 3.8) is 0 Å². The Morgan fingerprint density at radius 2 is 2.11 bits per heavy atom. The van der Waals surface area contributed by atoms with E-state index in [0.29, 0.717) is 5.56 Å². The van der Waals surface area contributed by atoms with E-state index in [1.165, 1.54) is 24.3 Å². The zero-order valence-electron chi connectivity index (χ0n) is 9.84. The fraction of sp³-hybridized carbons (Fsp3) is 0.385. The molecule has 0 aliphatic heterocycles. The van der Waals surface area contributed by atoms with E-state index < -0.39 is 10.7 Å². The van der Waals surface area contributed by atoms with Gasteiger partial charge in [0.15, 0.2) is 11.6 Å². The van der Waals surface area contributed by atoms with Crippen LogP contribution in [-0.2, 0) is 0 Å². The van der Waals surface area contributed by atoms with Gasteiger partial charge in [-0.1, -0.05) is 6.07 Å². The molecule has 1 saturated carbocycles. The van der Waals surface area contributed by atoms with Crippen LogP contribution < -0.4 is 4.74 Å². The van der Waals surface area contributed by atoms with E-state index in [4.69, 9.17) is 4.74 Å². The molecule has 1 aromatic carbocycles. The lowest BCUT2D eigenvalue weighted by Gasteiger charge is -2.13. The van der Waals surface area contributed by atoms with Gasteiger partial charge in [0.1, 0.15) is 0 Å². The van der Waals surface area contributed by atoms with Crippen LogP contribution in [0.5, 0.6) is 5.75 Å². The van der Waals surface area contributed by atoms with Crippen molar-refractivity contribution in [2.45, 2.75) is 31.8 Å². The summed E-state index contributed by atoms with van der Waals surface area (Å²) >= 11 is 0. The Bertz CT molecular complexity index is 467. The van der Waals surface area contributed by atoms with Gasteiger partial charge in [-0.05, 0) is 43.4 Å². The molecule has 0 amide bonds. The molecule has 5 heteroatoms. The molecule has 0 N–H and O–H groups in total. The molecule has 0 spiro atoms. The van der Waals surface area contributed by atoms with Gasteiger partial charge in [0.25, 0.3) is 0 Å². The van der Waals surface area contributed by atoms with Crippen LogP contribution in [0, 0.1) is 15.9 Å². The van der Waals surface area contributed by atoms with Crippen LogP contribution in [0.3, 0.4) is 0 Å². The van der Waals surface area contributed by atoms with Gasteiger partial charge in [0.2, 0.25) is 6.20 Å². The number of halogens is 1. The predicted molar refractivity (Wildman–Crippen MR) is 65.3 cm³/mol. The van der Waals surface area contributed by atoms with Crippen molar-refractivity contribution >= 4 is 6.08 Å². The lowest BCUT2D eigenvalue weighted by molar-refractivity contribution is -0.400. The summed E-state index contributed by atoms with van der Waals surface area (Å²) in [7, 11) is 0. The summed E-state index contributed by atoms with van der Waals surface area (Å²) in [4.78, 5) is 9.66. The average Bonchev–Trinajstić information content (AvgIpc) is 2.83. The van der Waals surface area contributed by atoms with Gasteiger partial charge in [-0.3, -0.25) is 10.1 Å². The van der Waals surface area contributed by atoms with E-state index in [2.05, 4.69) is 0 Å². The second-order valence-corrected chi connectivity index (χ2v) is 4.32. The fourth-order valence-electron chi connectivity index (χ4n) is 2.05. The smallest absolute Gasteiger partial charge is 0.235 e. The van der Waals surface area contributed by atoms with Gasteiger partial charge in [0, 0.05) is 6.08 Å². The number of nitro groups is 1. The molecular formula is C13H14FNO3. The second kappa shape index (κ2) is 5.62. The van der Waals surface area contributed by atoms with Crippen molar-refractivity contribution in [3.8, 4) is 5.75 Å². The zero-order chi connectivity index (χ0) is 13.0. The van der Waals surface area contributed by atoms with Crippen molar-refractivity contribution in [1.29, 1.82) is 0 Å². The maximum atomic E-state index is 13.5. The fourth-order valence-corrected chi connectivity index (χ4v) is 2.05. The summed E-state index contributed by atoms with van der Waals surface area (Å²) in [5.74, 6) is -0.257. The van der Waals surface area contributed by atoms with E-state index >= 15 is 0 Å². The van der Waals surface area contributed by atoms with Crippen molar-refractivity contribution in [2.75, 3.05) is 0 Å². The molecule has 1 aromatic rings. The molecule has 2 rings (SSSR count). The first-order valence-corrected chi connectivity index (χ1v) is 5.93. The molecule has 0 bridgehead atoms. The quantitative estimate of drug-likeness (QED) is 0.608. The Labute approximate surface area is 104 Å². The Morgan fingerprint density at radius 1 is 1.39 bits per heavy atom. The Balaban J connectivity index is 2.12. The molecule has 18 heavy (non-hydrogen) atoms. The molecule has 0 atom stereocenters. The summed E-state index contributed by atoms with van der Waals surface area (Å²) in [6.45, 7) is 0. The van der Waals surface area contributed by atoms with E-state index in [9.17, 15) is 14.5 Å². The maximum absolute atomic E-state index is 13.5. The zero-order valence-corrected chi connectivity index (χ0v) is 9.84. The number of rotatable bonds is 4. The van der Waals surface area contributed by atoms with Crippen molar-refractivity contribution in [3.05, 3.63) is 45.9 Å². The van der Waals surface area contributed by atoms with Crippen LogP contribution in [0.2, 0.25) is 0 Å². The van der Waals surface area contributed by atoms with Gasteiger partial charge < -0.3 is 4.74 Å². The highest BCUT2D eigenvalue weighted by molar-refractivity contribution is 5.51. The number of benzene rings is 1. The summed E-state index contributed by atoms with van der Waals surface area (Å²) in [5, 5.41) is 10.2. The first kappa shape index (κ1) is 12.5. The molecule has 0 unspecified atom stereocenters.